The molecule has 0 saturated heterocycles. The average molecular weight is 275 g/mol. The molecule has 0 aliphatic carbocycles. The second kappa shape index (κ2) is 7.00. The van der Waals surface area contributed by atoms with Crippen molar-refractivity contribution in [3.63, 3.8) is 0 Å². The summed E-state index contributed by atoms with van der Waals surface area (Å²) in [7, 11) is 1.64. The first-order valence-corrected chi connectivity index (χ1v) is 6.91. The molecule has 6 heteroatoms. The van der Waals surface area contributed by atoms with Crippen molar-refractivity contribution in [2.75, 3.05) is 19.0 Å². The van der Waals surface area contributed by atoms with E-state index in [0.717, 1.165) is 36.8 Å². The van der Waals surface area contributed by atoms with Gasteiger partial charge in [-0.15, -0.1) is 0 Å². The Morgan fingerprint density at radius 3 is 2.85 bits per heavy atom. The number of hydrogen-bond donors (Lipinski definition) is 1. The average Bonchev–Trinajstić information content (AvgIpc) is 2.88. The van der Waals surface area contributed by atoms with E-state index in [0.29, 0.717) is 12.4 Å². The fourth-order valence-corrected chi connectivity index (χ4v) is 2.02. The van der Waals surface area contributed by atoms with Crippen molar-refractivity contribution in [2.45, 2.75) is 33.3 Å². The maximum Gasteiger partial charge on any atom is 0.158 e. The molecule has 108 valence electrons. The van der Waals surface area contributed by atoms with Crippen LogP contribution in [0.2, 0.25) is 0 Å². The standard InChI is InChI=1S/C14H21N5O/c1-4-6-13-16-7-8-19(13)14-9-11(15-5-2)17-12(18-14)10-20-3/h7-9H,4-6,10H2,1-3H3,(H,15,17,18). The summed E-state index contributed by atoms with van der Waals surface area (Å²) in [6.45, 7) is 5.38. The van der Waals surface area contributed by atoms with E-state index < -0.39 is 0 Å². The number of imidazole rings is 1. The number of nitrogens with zero attached hydrogens (tertiary/aromatic N) is 4. The highest BCUT2D eigenvalue weighted by Gasteiger charge is 2.09. The Labute approximate surface area is 119 Å². The highest BCUT2D eigenvalue weighted by Crippen LogP contribution is 2.14. The molecule has 0 aromatic carbocycles. The Kier molecular flexibility index (Phi) is 5.06. The van der Waals surface area contributed by atoms with E-state index in [9.17, 15) is 0 Å². The van der Waals surface area contributed by atoms with Crippen LogP contribution in [-0.2, 0) is 17.8 Å². The van der Waals surface area contributed by atoms with Gasteiger partial charge in [-0.1, -0.05) is 6.92 Å². The van der Waals surface area contributed by atoms with Gasteiger partial charge in [0.15, 0.2) is 5.82 Å². The van der Waals surface area contributed by atoms with Gasteiger partial charge in [-0.3, -0.25) is 4.57 Å². The molecule has 0 saturated carbocycles. The van der Waals surface area contributed by atoms with E-state index >= 15 is 0 Å². The zero-order chi connectivity index (χ0) is 14.4. The van der Waals surface area contributed by atoms with Crippen LogP contribution in [0.1, 0.15) is 31.9 Å². The third kappa shape index (κ3) is 3.33. The fraction of sp³-hybridized carbons (Fsp3) is 0.500. The lowest BCUT2D eigenvalue weighted by atomic mass is 10.3. The van der Waals surface area contributed by atoms with E-state index in [1.54, 1.807) is 13.3 Å². The normalized spacial score (nSPS) is 10.8. The Balaban J connectivity index is 2.40. The number of methoxy groups -OCH3 is 1. The molecule has 0 aliphatic rings. The van der Waals surface area contributed by atoms with E-state index in [4.69, 9.17) is 4.74 Å². The molecule has 6 nitrogen and oxygen atoms in total. The monoisotopic (exact) mass is 275 g/mol. The second-order valence-electron chi connectivity index (χ2n) is 4.45. The molecule has 0 bridgehead atoms. The molecular weight excluding hydrogens is 254 g/mol. The first-order chi connectivity index (χ1) is 9.78. The van der Waals surface area contributed by atoms with Crippen LogP contribution in [0.4, 0.5) is 5.82 Å². The topological polar surface area (TPSA) is 64.9 Å². The fourth-order valence-electron chi connectivity index (χ4n) is 2.02. The smallest absolute Gasteiger partial charge is 0.158 e. The Bertz CT molecular complexity index is 528. The van der Waals surface area contributed by atoms with Gasteiger partial charge in [-0.2, -0.15) is 0 Å². The van der Waals surface area contributed by atoms with Gasteiger partial charge >= 0.3 is 0 Å². The molecule has 0 radical (unpaired) electrons. The quantitative estimate of drug-likeness (QED) is 0.839. The summed E-state index contributed by atoms with van der Waals surface area (Å²) in [5, 5.41) is 3.22. The molecule has 2 heterocycles. The van der Waals surface area contributed by atoms with E-state index in [-0.39, 0.29) is 0 Å². The van der Waals surface area contributed by atoms with Crippen LogP contribution >= 0.6 is 0 Å². The molecule has 1 N–H and O–H groups in total. The summed E-state index contributed by atoms with van der Waals surface area (Å²) in [5.41, 5.74) is 0. The summed E-state index contributed by atoms with van der Waals surface area (Å²) in [5.74, 6) is 3.30. The van der Waals surface area contributed by atoms with Crippen LogP contribution in [0.15, 0.2) is 18.5 Å². The molecule has 0 aliphatic heterocycles. The third-order valence-electron chi connectivity index (χ3n) is 2.83. The van der Waals surface area contributed by atoms with Crippen molar-refractivity contribution >= 4 is 5.82 Å². The number of anilines is 1. The van der Waals surface area contributed by atoms with Crippen molar-refractivity contribution in [2.24, 2.45) is 0 Å². The Morgan fingerprint density at radius 2 is 2.15 bits per heavy atom. The molecule has 0 spiro atoms. The van der Waals surface area contributed by atoms with Crippen molar-refractivity contribution < 1.29 is 4.74 Å². The van der Waals surface area contributed by atoms with Crippen LogP contribution in [0.3, 0.4) is 0 Å². The molecule has 2 aromatic heterocycles. The minimum Gasteiger partial charge on any atom is -0.377 e. The predicted molar refractivity (Wildman–Crippen MR) is 78.0 cm³/mol. The minimum atomic E-state index is 0.393. The predicted octanol–water partition coefficient (Wildman–Crippen LogP) is 2.19. The number of rotatable bonds is 7. The summed E-state index contributed by atoms with van der Waals surface area (Å²) in [6.07, 6.45) is 5.70. The highest BCUT2D eigenvalue weighted by atomic mass is 16.5. The van der Waals surface area contributed by atoms with E-state index in [1.165, 1.54) is 0 Å². The van der Waals surface area contributed by atoms with Crippen LogP contribution in [0.25, 0.3) is 5.82 Å². The molecule has 0 amide bonds. The molecule has 0 fully saturated rings. The first kappa shape index (κ1) is 14.5. The largest absolute Gasteiger partial charge is 0.377 e. The Hall–Kier alpha value is -1.95. The molecule has 20 heavy (non-hydrogen) atoms. The maximum atomic E-state index is 5.13. The molecule has 0 atom stereocenters. The number of aryl methyl sites for hydroxylation is 1. The van der Waals surface area contributed by atoms with Crippen molar-refractivity contribution in [3.05, 3.63) is 30.1 Å². The Morgan fingerprint density at radius 1 is 1.30 bits per heavy atom. The zero-order valence-corrected chi connectivity index (χ0v) is 12.3. The van der Waals surface area contributed by atoms with E-state index in [2.05, 4.69) is 27.2 Å². The lowest BCUT2D eigenvalue weighted by molar-refractivity contribution is 0.178. The van der Waals surface area contributed by atoms with Crippen molar-refractivity contribution in [3.8, 4) is 5.82 Å². The number of ether oxygens (including phenoxy) is 1. The van der Waals surface area contributed by atoms with Crippen LogP contribution < -0.4 is 5.32 Å². The summed E-state index contributed by atoms with van der Waals surface area (Å²) < 4.78 is 7.14. The molecular formula is C14H21N5O. The minimum absolute atomic E-state index is 0.393. The second-order valence-corrected chi connectivity index (χ2v) is 4.45. The van der Waals surface area contributed by atoms with Gasteiger partial charge in [0.2, 0.25) is 0 Å². The van der Waals surface area contributed by atoms with Crippen LogP contribution in [-0.4, -0.2) is 33.2 Å². The number of aromatic nitrogens is 4. The zero-order valence-electron chi connectivity index (χ0n) is 12.3. The van der Waals surface area contributed by atoms with Crippen LogP contribution in [0, 0.1) is 0 Å². The number of hydrogen-bond acceptors (Lipinski definition) is 5. The van der Waals surface area contributed by atoms with Gasteiger partial charge in [-0.05, 0) is 13.3 Å². The van der Waals surface area contributed by atoms with E-state index in [1.807, 2.05) is 23.8 Å². The lowest BCUT2D eigenvalue weighted by Crippen LogP contribution is -2.09. The number of nitrogens with one attached hydrogen (secondary N) is 1. The van der Waals surface area contributed by atoms with Gasteiger partial charge in [0.1, 0.15) is 24.1 Å². The molecule has 2 aromatic rings. The molecule has 2 rings (SSSR count). The van der Waals surface area contributed by atoms with Gasteiger partial charge < -0.3 is 10.1 Å². The van der Waals surface area contributed by atoms with Gasteiger partial charge in [0.25, 0.3) is 0 Å². The summed E-state index contributed by atoms with van der Waals surface area (Å²) in [6, 6.07) is 1.93. The SMILES string of the molecule is CCCc1nccn1-c1cc(NCC)nc(COC)n1. The van der Waals surface area contributed by atoms with Gasteiger partial charge in [0, 0.05) is 38.5 Å². The lowest BCUT2D eigenvalue weighted by Gasteiger charge is -2.11. The first-order valence-electron chi connectivity index (χ1n) is 6.91. The summed E-state index contributed by atoms with van der Waals surface area (Å²) in [4.78, 5) is 13.3. The van der Waals surface area contributed by atoms with Crippen molar-refractivity contribution in [1.82, 2.24) is 19.5 Å². The van der Waals surface area contributed by atoms with Gasteiger partial charge in [-0.25, -0.2) is 15.0 Å². The maximum absolute atomic E-state index is 5.13. The third-order valence-corrected chi connectivity index (χ3v) is 2.83. The van der Waals surface area contributed by atoms with Crippen molar-refractivity contribution in [1.29, 1.82) is 0 Å². The molecule has 0 unspecified atom stereocenters. The van der Waals surface area contributed by atoms with Crippen LogP contribution in [0.5, 0.6) is 0 Å². The highest BCUT2D eigenvalue weighted by molar-refractivity contribution is 5.42. The van der Waals surface area contributed by atoms with Gasteiger partial charge in [0.05, 0.1) is 0 Å². The summed E-state index contributed by atoms with van der Waals surface area (Å²) >= 11 is 0.